The maximum atomic E-state index is 14.6. The van der Waals surface area contributed by atoms with Gasteiger partial charge in [0.25, 0.3) is 0 Å². The fraction of sp³-hybridized carbons (Fsp3) is 0.188. The number of allylic oxidation sites excluding steroid dienone is 3. The smallest absolute Gasteiger partial charge is 0.326 e. The lowest BCUT2D eigenvalue weighted by atomic mass is 9.93. The predicted octanol–water partition coefficient (Wildman–Crippen LogP) is 7.71. The number of carboxylic acid groups (broad SMARTS) is 1. The van der Waals surface area contributed by atoms with E-state index in [1.807, 2.05) is 54.6 Å². The van der Waals surface area contributed by atoms with Crippen molar-refractivity contribution in [2.24, 2.45) is 11.5 Å². The summed E-state index contributed by atoms with van der Waals surface area (Å²) in [5.41, 5.74) is 17.2. The first kappa shape index (κ1) is 45.3. The fourth-order valence-corrected chi connectivity index (χ4v) is 9.43. The number of halogens is 2. The largest absolute Gasteiger partial charge is 0.489 e. The molecule has 13 nitrogen and oxygen atoms in total. The topological polar surface area (TPSA) is 207 Å². The molecule has 3 atom stereocenters. The Morgan fingerprint density at radius 3 is 2.22 bits per heavy atom. The number of hydrogen-bond donors (Lipinski definition) is 4. The third-order valence-electron chi connectivity index (χ3n) is 10.7. The van der Waals surface area contributed by atoms with Crippen molar-refractivity contribution in [2.45, 2.75) is 51.1 Å². The lowest BCUT2D eigenvalue weighted by Crippen LogP contribution is -2.56. The van der Waals surface area contributed by atoms with E-state index in [-0.39, 0.29) is 48.9 Å². The molecule has 328 valence electrons. The third-order valence-corrected chi connectivity index (χ3v) is 13.5. The number of amides is 1. The van der Waals surface area contributed by atoms with Crippen molar-refractivity contribution in [1.29, 1.82) is 5.26 Å². The molecule has 1 amide bonds. The molecule has 0 bridgehead atoms. The maximum Gasteiger partial charge on any atom is 0.326 e. The summed E-state index contributed by atoms with van der Waals surface area (Å²) in [5.74, 6) is -0.860. The highest BCUT2D eigenvalue weighted by molar-refractivity contribution is 7.93. The first-order chi connectivity index (χ1) is 30.6. The van der Waals surface area contributed by atoms with Crippen LogP contribution >= 0.6 is 23.2 Å². The van der Waals surface area contributed by atoms with Gasteiger partial charge in [-0.2, -0.15) is 9.57 Å². The molecular formula is C48H43Cl2N5O8S. The number of sulfonamides is 1. The Morgan fingerprint density at radius 1 is 0.938 bits per heavy atom. The summed E-state index contributed by atoms with van der Waals surface area (Å²) in [7, 11) is -4.50. The molecule has 6 N–H and O–H groups in total. The molecule has 0 fully saturated rings. The minimum Gasteiger partial charge on any atom is -0.489 e. The lowest BCUT2D eigenvalue weighted by Gasteiger charge is -2.37. The van der Waals surface area contributed by atoms with Gasteiger partial charge in [-0.05, 0) is 119 Å². The average molecular weight is 921 g/mol. The van der Waals surface area contributed by atoms with E-state index in [2.05, 4.69) is 18.0 Å². The number of carboxylic acids is 1. The van der Waals surface area contributed by atoms with Gasteiger partial charge in [-0.25, -0.2) is 13.2 Å². The Bertz CT molecular complexity index is 2820. The van der Waals surface area contributed by atoms with E-state index >= 15 is 0 Å². The predicted molar refractivity (Wildman–Crippen MR) is 244 cm³/mol. The number of nitrogens with two attached hydrogens (primary N) is 2. The van der Waals surface area contributed by atoms with Crippen LogP contribution in [0.1, 0.15) is 46.4 Å². The number of nitriles is 1. The van der Waals surface area contributed by atoms with Crippen LogP contribution < -0.4 is 31.0 Å². The molecule has 5 aromatic rings. The first-order valence-electron chi connectivity index (χ1n) is 19.9. The van der Waals surface area contributed by atoms with Crippen LogP contribution in [-0.2, 0) is 45.6 Å². The number of fused-ring (bicyclic) bond motifs is 2. The van der Waals surface area contributed by atoms with Gasteiger partial charge in [0.15, 0.2) is 17.6 Å². The molecule has 0 aromatic heterocycles. The summed E-state index contributed by atoms with van der Waals surface area (Å²) < 4.78 is 48.7. The van der Waals surface area contributed by atoms with E-state index < -0.39 is 40.1 Å². The number of rotatable bonds is 14. The molecule has 7 rings (SSSR count). The summed E-state index contributed by atoms with van der Waals surface area (Å²) in [5, 5.41) is 22.9. The minimum absolute atomic E-state index is 0.0867. The van der Waals surface area contributed by atoms with Gasteiger partial charge < -0.3 is 36.1 Å². The average Bonchev–Trinajstić information content (AvgIpc) is 3.28. The van der Waals surface area contributed by atoms with E-state index in [1.165, 1.54) is 19.1 Å². The van der Waals surface area contributed by atoms with Crippen molar-refractivity contribution in [3.8, 4) is 34.4 Å². The Kier molecular flexibility index (Phi) is 13.7. The highest BCUT2D eigenvalue weighted by Gasteiger charge is 2.42. The van der Waals surface area contributed by atoms with Gasteiger partial charge in [-0.15, -0.1) is 0 Å². The van der Waals surface area contributed by atoms with Crippen LogP contribution in [0.25, 0.3) is 11.1 Å². The van der Waals surface area contributed by atoms with Gasteiger partial charge in [0.1, 0.15) is 31.0 Å². The zero-order chi connectivity index (χ0) is 45.7. The summed E-state index contributed by atoms with van der Waals surface area (Å²) in [6, 6.07) is 29.6. The van der Waals surface area contributed by atoms with Crippen LogP contribution in [-0.4, -0.2) is 48.4 Å². The molecule has 2 aliphatic heterocycles. The van der Waals surface area contributed by atoms with E-state index in [0.29, 0.717) is 49.5 Å². The third kappa shape index (κ3) is 10.4. The summed E-state index contributed by atoms with van der Waals surface area (Å²) in [6.45, 7) is 5.54. The number of nitrogens with zero attached hydrogens (tertiary/aromatic N) is 2. The molecule has 0 saturated heterocycles. The van der Waals surface area contributed by atoms with Crippen LogP contribution in [0.3, 0.4) is 0 Å². The highest BCUT2D eigenvalue weighted by Crippen LogP contribution is 2.42. The molecule has 5 aromatic carbocycles. The van der Waals surface area contributed by atoms with Crippen LogP contribution in [0.2, 0.25) is 10.0 Å². The number of hydrogen-bond acceptors (Lipinski definition) is 10. The zero-order valence-electron chi connectivity index (χ0n) is 34.5. The summed E-state index contributed by atoms with van der Waals surface area (Å²) in [4.78, 5) is 26.7. The summed E-state index contributed by atoms with van der Waals surface area (Å²) in [6.07, 6.45) is 1.72. The molecule has 2 aliphatic rings. The van der Waals surface area contributed by atoms with Crippen molar-refractivity contribution in [3.63, 3.8) is 0 Å². The van der Waals surface area contributed by atoms with Crippen LogP contribution in [0.4, 0.5) is 0 Å². The quantitative estimate of drug-likeness (QED) is 0.0794. The molecule has 64 heavy (non-hydrogen) atoms. The van der Waals surface area contributed by atoms with Gasteiger partial charge in [0.05, 0.1) is 32.4 Å². The molecule has 16 heteroatoms. The lowest BCUT2D eigenvalue weighted by molar-refractivity contribution is -0.142. The van der Waals surface area contributed by atoms with E-state index in [1.54, 1.807) is 48.5 Å². The second kappa shape index (κ2) is 19.3. The molecule has 2 heterocycles. The van der Waals surface area contributed by atoms with Gasteiger partial charge in [-0.3, -0.25) is 4.79 Å². The molecule has 0 saturated carbocycles. The number of benzene rings is 5. The van der Waals surface area contributed by atoms with Crippen LogP contribution in [0.5, 0.6) is 17.2 Å². The van der Waals surface area contributed by atoms with Crippen molar-refractivity contribution in [3.05, 3.63) is 182 Å². The van der Waals surface area contributed by atoms with Crippen molar-refractivity contribution >= 4 is 45.1 Å². The molecule has 0 radical (unpaired) electrons. The van der Waals surface area contributed by atoms with E-state index in [0.717, 1.165) is 26.6 Å². The maximum absolute atomic E-state index is 14.6. The Balaban J connectivity index is 1.12. The number of ether oxygens (including phenoxy) is 3. The minimum atomic E-state index is -4.50. The second-order valence-electron chi connectivity index (χ2n) is 15.3. The first-order valence-corrected chi connectivity index (χ1v) is 22.1. The van der Waals surface area contributed by atoms with Crippen LogP contribution in [0, 0.1) is 11.3 Å². The van der Waals surface area contributed by atoms with Crippen LogP contribution in [0.15, 0.2) is 138 Å². The SMILES string of the molecule is C=C(C)/C(=C\C=C(N)N)S(=O)(=O)N1Cc2cc3c(cc2C[C@H]1C(=O)NC(Cc1ccc(-c2ccc(C#N)cc2)cc1)C(=O)O)OC[C@H](c1ccc(OCc2ccc(Cl)c(Cl)c2)cc1)O3. The second-order valence-corrected chi connectivity index (χ2v) is 18.0. The van der Waals surface area contributed by atoms with E-state index in [4.69, 9.17) is 54.1 Å². The molecular weight excluding hydrogens is 878 g/mol. The highest BCUT2D eigenvalue weighted by atomic mass is 35.5. The summed E-state index contributed by atoms with van der Waals surface area (Å²) >= 11 is 12.2. The number of aliphatic carboxylic acids is 1. The standard InChI is InChI=1S/C48H43Cl2N5O8S/c1-28(2)45(17-18-46(52)53)64(59,60)55-25-36-23-43-42(62-27-44(63-43)34-12-14-37(15-13-34)61-26-31-7-16-38(49)39(50)19-31)22-35(36)21-41(55)47(56)54-40(48(57)58)20-29-3-8-32(9-4-29)33-10-5-30(24-51)6-11-33/h3-19,22-23,40-41,44H,1,20-21,25-27,52-53H2,2H3,(H,54,56)(H,57,58)/b45-17+/t40?,41-,44+/m0/s1. The number of carbonyl (C=O) groups is 2. The van der Waals surface area contributed by atoms with Gasteiger partial charge in [0, 0.05) is 13.0 Å². The Morgan fingerprint density at radius 2 is 1.59 bits per heavy atom. The van der Waals surface area contributed by atoms with Gasteiger partial charge in [-0.1, -0.05) is 84.4 Å². The van der Waals surface area contributed by atoms with Gasteiger partial charge >= 0.3 is 5.97 Å². The van der Waals surface area contributed by atoms with Crippen molar-refractivity contribution in [1.82, 2.24) is 9.62 Å². The number of carbonyl (C=O) groups excluding carboxylic acids is 1. The molecule has 0 aliphatic carbocycles. The molecule has 0 spiro atoms. The van der Waals surface area contributed by atoms with E-state index in [9.17, 15) is 23.1 Å². The van der Waals surface area contributed by atoms with Crippen molar-refractivity contribution < 1.29 is 37.3 Å². The number of nitrogens with one attached hydrogen (secondary N) is 1. The Hall–Kier alpha value is -6.76. The normalized spacial score (nSPS) is 16.4. The Labute approximate surface area is 380 Å². The van der Waals surface area contributed by atoms with Crippen molar-refractivity contribution in [2.75, 3.05) is 6.61 Å². The zero-order valence-corrected chi connectivity index (χ0v) is 36.8. The van der Waals surface area contributed by atoms with Gasteiger partial charge in [0.2, 0.25) is 15.9 Å². The molecule has 1 unspecified atom stereocenters. The monoisotopic (exact) mass is 919 g/mol. The fourth-order valence-electron chi connectivity index (χ4n) is 7.36.